The first kappa shape index (κ1) is 21.2. The van der Waals surface area contributed by atoms with Crippen molar-refractivity contribution in [3.05, 3.63) is 33.9 Å². The quantitative estimate of drug-likeness (QED) is 0.567. The number of hydrogen-bond acceptors (Lipinski definition) is 5. The third-order valence-corrected chi connectivity index (χ3v) is 5.00. The third kappa shape index (κ3) is 4.61. The fourth-order valence-electron chi connectivity index (χ4n) is 3.12. The molecule has 1 saturated heterocycles. The van der Waals surface area contributed by atoms with E-state index in [0.29, 0.717) is 30.6 Å². The maximum absolute atomic E-state index is 12.5. The number of hydrogen-bond donors (Lipinski definition) is 2. The van der Waals surface area contributed by atoms with Gasteiger partial charge in [0.05, 0.1) is 10.5 Å². The number of nitro benzene ring substituents is 1. The van der Waals surface area contributed by atoms with Crippen molar-refractivity contribution in [2.45, 2.75) is 45.1 Å². The Morgan fingerprint density at radius 3 is 2.40 bits per heavy atom. The standard InChI is InChI=1S/C17H26N4O3.ClH/c1-3-17(4-2,12-18)19-16(22)13-7-8-14(15(11-13)21(23)24)20-9-5-6-10-20;/h7-8,11H,3-6,9-10,12,18H2,1-2H3,(H,19,22);1H. The first-order valence-corrected chi connectivity index (χ1v) is 8.52. The Hall–Kier alpha value is -1.86. The lowest BCUT2D eigenvalue weighted by Crippen LogP contribution is -2.52. The minimum atomic E-state index is -0.473. The van der Waals surface area contributed by atoms with E-state index in [4.69, 9.17) is 5.73 Å². The lowest BCUT2D eigenvalue weighted by atomic mass is 9.92. The summed E-state index contributed by atoms with van der Waals surface area (Å²) in [7, 11) is 0. The summed E-state index contributed by atoms with van der Waals surface area (Å²) in [5, 5.41) is 14.4. The van der Waals surface area contributed by atoms with Gasteiger partial charge in [0, 0.05) is 31.3 Å². The summed E-state index contributed by atoms with van der Waals surface area (Å²) in [5.41, 5.74) is 6.20. The van der Waals surface area contributed by atoms with Gasteiger partial charge in [0.2, 0.25) is 0 Å². The number of nitrogens with one attached hydrogen (secondary N) is 1. The van der Waals surface area contributed by atoms with E-state index in [2.05, 4.69) is 5.32 Å². The highest BCUT2D eigenvalue weighted by atomic mass is 35.5. The van der Waals surface area contributed by atoms with E-state index in [1.807, 2.05) is 18.7 Å². The van der Waals surface area contributed by atoms with Crippen LogP contribution in [0.15, 0.2) is 18.2 Å². The second-order valence-electron chi connectivity index (χ2n) is 6.30. The zero-order valence-electron chi connectivity index (χ0n) is 14.8. The third-order valence-electron chi connectivity index (χ3n) is 5.00. The van der Waals surface area contributed by atoms with Crippen LogP contribution in [0.1, 0.15) is 49.9 Å². The molecule has 1 aliphatic rings. The van der Waals surface area contributed by atoms with Gasteiger partial charge < -0.3 is 16.0 Å². The monoisotopic (exact) mass is 370 g/mol. The molecule has 0 unspecified atom stereocenters. The summed E-state index contributed by atoms with van der Waals surface area (Å²) >= 11 is 0. The van der Waals surface area contributed by atoms with E-state index < -0.39 is 10.5 Å². The number of halogens is 1. The minimum Gasteiger partial charge on any atom is -0.366 e. The van der Waals surface area contributed by atoms with Crippen LogP contribution >= 0.6 is 12.4 Å². The molecule has 25 heavy (non-hydrogen) atoms. The predicted molar refractivity (Wildman–Crippen MR) is 102 cm³/mol. The molecule has 1 fully saturated rings. The smallest absolute Gasteiger partial charge is 0.293 e. The number of nitro groups is 1. The molecule has 0 radical (unpaired) electrons. The van der Waals surface area contributed by atoms with E-state index in [1.165, 1.54) is 6.07 Å². The number of carbonyl (C=O) groups is 1. The van der Waals surface area contributed by atoms with Crippen LogP contribution < -0.4 is 16.0 Å². The molecule has 0 aromatic heterocycles. The molecule has 7 nitrogen and oxygen atoms in total. The molecule has 1 aliphatic heterocycles. The topological polar surface area (TPSA) is 102 Å². The largest absolute Gasteiger partial charge is 0.366 e. The molecule has 0 spiro atoms. The van der Waals surface area contributed by atoms with Gasteiger partial charge in [-0.05, 0) is 37.8 Å². The number of nitrogens with two attached hydrogens (primary N) is 1. The normalized spacial score (nSPS) is 14.1. The molecule has 0 atom stereocenters. The van der Waals surface area contributed by atoms with Crippen LogP contribution in [0.3, 0.4) is 0 Å². The molecule has 8 heteroatoms. The van der Waals surface area contributed by atoms with Crippen molar-refractivity contribution >= 4 is 29.7 Å². The Kier molecular flexibility index (Phi) is 7.63. The van der Waals surface area contributed by atoms with Crippen molar-refractivity contribution in [2.75, 3.05) is 24.5 Å². The Morgan fingerprint density at radius 1 is 1.32 bits per heavy atom. The van der Waals surface area contributed by atoms with E-state index in [9.17, 15) is 14.9 Å². The van der Waals surface area contributed by atoms with Gasteiger partial charge in [0.25, 0.3) is 11.6 Å². The average molecular weight is 371 g/mol. The molecular formula is C17H27ClN4O3. The molecule has 0 aliphatic carbocycles. The summed E-state index contributed by atoms with van der Waals surface area (Å²) in [6.45, 7) is 5.90. The molecule has 1 amide bonds. The molecule has 1 heterocycles. The van der Waals surface area contributed by atoms with Gasteiger partial charge in [-0.1, -0.05) is 13.8 Å². The van der Waals surface area contributed by atoms with Crippen LogP contribution in [0, 0.1) is 10.1 Å². The van der Waals surface area contributed by atoms with Crippen molar-refractivity contribution < 1.29 is 9.72 Å². The van der Waals surface area contributed by atoms with Crippen molar-refractivity contribution in [3.63, 3.8) is 0 Å². The van der Waals surface area contributed by atoms with Gasteiger partial charge in [-0.25, -0.2) is 0 Å². The number of carbonyl (C=O) groups excluding carboxylic acids is 1. The molecule has 3 N–H and O–H groups in total. The fourth-order valence-corrected chi connectivity index (χ4v) is 3.12. The Labute approximate surface area is 154 Å². The van der Waals surface area contributed by atoms with Crippen molar-refractivity contribution in [2.24, 2.45) is 5.73 Å². The van der Waals surface area contributed by atoms with Gasteiger partial charge in [0.15, 0.2) is 0 Å². The first-order valence-electron chi connectivity index (χ1n) is 8.52. The molecule has 2 rings (SSSR count). The maximum Gasteiger partial charge on any atom is 0.293 e. The van der Waals surface area contributed by atoms with Crippen molar-refractivity contribution in [1.29, 1.82) is 0 Å². The summed E-state index contributed by atoms with van der Waals surface area (Å²) < 4.78 is 0. The SMILES string of the molecule is CCC(CC)(CN)NC(=O)c1ccc(N2CCCC2)c([N+](=O)[O-])c1.Cl. The Balaban J connectivity index is 0.00000312. The van der Waals surface area contributed by atoms with Crippen LogP contribution in [-0.4, -0.2) is 36.0 Å². The number of amides is 1. The molecule has 0 saturated carbocycles. The molecule has 1 aromatic rings. The van der Waals surface area contributed by atoms with Gasteiger partial charge >= 0.3 is 0 Å². The van der Waals surface area contributed by atoms with Crippen LogP contribution in [0.25, 0.3) is 0 Å². The van der Waals surface area contributed by atoms with Crippen LogP contribution in [-0.2, 0) is 0 Å². The highest BCUT2D eigenvalue weighted by molar-refractivity contribution is 5.96. The Morgan fingerprint density at radius 2 is 1.92 bits per heavy atom. The van der Waals surface area contributed by atoms with Gasteiger partial charge in [0.1, 0.15) is 5.69 Å². The summed E-state index contributed by atoms with van der Waals surface area (Å²) in [4.78, 5) is 25.6. The summed E-state index contributed by atoms with van der Waals surface area (Å²) in [6.07, 6.45) is 3.48. The average Bonchev–Trinajstić information content (AvgIpc) is 3.13. The predicted octanol–water partition coefficient (Wildman–Crippen LogP) is 2.86. The Bertz CT molecular complexity index is 606. The van der Waals surface area contributed by atoms with Crippen molar-refractivity contribution in [3.8, 4) is 0 Å². The zero-order valence-corrected chi connectivity index (χ0v) is 15.6. The second kappa shape index (κ2) is 9.01. The van der Waals surface area contributed by atoms with Crippen LogP contribution in [0.4, 0.5) is 11.4 Å². The number of anilines is 1. The van der Waals surface area contributed by atoms with Crippen molar-refractivity contribution in [1.82, 2.24) is 5.32 Å². The van der Waals surface area contributed by atoms with Crippen LogP contribution in [0.5, 0.6) is 0 Å². The summed E-state index contributed by atoms with van der Waals surface area (Å²) in [6, 6.07) is 4.71. The van der Waals surface area contributed by atoms with E-state index in [1.54, 1.807) is 12.1 Å². The van der Waals surface area contributed by atoms with E-state index in [0.717, 1.165) is 25.9 Å². The molecular weight excluding hydrogens is 344 g/mol. The molecule has 0 bridgehead atoms. The second-order valence-corrected chi connectivity index (χ2v) is 6.30. The fraction of sp³-hybridized carbons (Fsp3) is 0.588. The number of nitrogens with zero attached hydrogens (tertiary/aromatic N) is 2. The van der Waals surface area contributed by atoms with Crippen LogP contribution in [0.2, 0.25) is 0 Å². The van der Waals surface area contributed by atoms with Gasteiger partial charge in [-0.3, -0.25) is 14.9 Å². The number of benzene rings is 1. The lowest BCUT2D eigenvalue weighted by molar-refractivity contribution is -0.384. The molecule has 140 valence electrons. The highest BCUT2D eigenvalue weighted by Gasteiger charge is 2.29. The lowest BCUT2D eigenvalue weighted by Gasteiger charge is -2.31. The van der Waals surface area contributed by atoms with Gasteiger partial charge in [-0.15, -0.1) is 12.4 Å². The highest BCUT2D eigenvalue weighted by Crippen LogP contribution is 2.31. The minimum absolute atomic E-state index is 0. The van der Waals surface area contributed by atoms with Gasteiger partial charge in [-0.2, -0.15) is 0 Å². The first-order chi connectivity index (χ1) is 11.5. The molecule has 1 aromatic carbocycles. The zero-order chi connectivity index (χ0) is 17.7. The number of rotatable bonds is 7. The maximum atomic E-state index is 12.5. The van der Waals surface area contributed by atoms with E-state index in [-0.39, 0.29) is 24.0 Å². The van der Waals surface area contributed by atoms with E-state index >= 15 is 0 Å². The summed E-state index contributed by atoms with van der Waals surface area (Å²) in [5.74, 6) is -0.319.